The SMILES string of the molecule is COc1cc(CC(=O)NC2(C(=O)O)CCCCCC2)cc(OC)c1OC. The quantitative estimate of drug-likeness (QED) is 0.721. The topological polar surface area (TPSA) is 94.1 Å². The van der Waals surface area contributed by atoms with Crippen LogP contribution in [0.4, 0.5) is 0 Å². The molecule has 144 valence electrons. The Bertz CT molecular complexity index is 624. The molecule has 1 aliphatic carbocycles. The van der Waals surface area contributed by atoms with Crippen LogP contribution in [-0.2, 0) is 16.0 Å². The number of nitrogens with one attached hydrogen (secondary N) is 1. The van der Waals surface area contributed by atoms with Crippen molar-refractivity contribution in [1.29, 1.82) is 0 Å². The van der Waals surface area contributed by atoms with E-state index in [0.717, 1.165) is 25.7 Å². The molecule has 0 aliphatic heterocycles. The van der Waals surface area contributed by atoms with E-state index in [9.17, 15) is 14.7 Å². The number of ether oxygens (including phenoxy) is 3. The van der Waals surface area contributed by atoms with Gasteiger partial charge in [-0.1, -0.05) is 25.7 Å². The van der Waals surface area contributed by atoms with Gasteiger partial charge in [-0.3, -0.25) is 4.79 Å². The Kier molecular flexibility index (Phi) is 6.71. The first-order chi connectivity index (χ1) is 12.5. The lowest BCUT2D eigenvalue weighted by Crippen LogP contribution is -2.54. The molecule has 7 heteroatoms. The zero-order chi connectivity index (χ0) is 19.2. The molecule has 0 aromatic heterocycles. The summed E-state index contributed by atoms with van der Waals surface area (Å²) in [4.78, 5) is 24.4. The third-order valence-corrected chi connectivity index (χ3v) is 4.83. The number of carboxylic acids is 1. The maximum atomic E-state index is 12.6. The molecule has 26 heavy (non-hydrogen) atoms. The highest BCUT2D eigenvalue weighted by molar-refractivity contribution is 5.88. The van der Waals surface area contributed by atoms with E-state index in [1.54, 1.807) is 12.1 Å². The number of amides is 1. The molecule has 1 aromatic rings. The van der Waals surface area contributed by atoms with Gasteiger partial charge in [-0.2, -0.15) is 0 Å². The van der Waals surface area contributed by atoms with Crippen molar-refractivity contribution in [2.45, 2.75) is 50.5 Å². The predicted molar refractivity (Wildman–Crippen MR) is 96.0 cm³/mol. The molecular weight excluding hydrogens is 338 g/mol. The summed E-state index contributed by atoms with van der Waals surface area (Å²) in [6.45, 7) is 0. The number of benzene rings is 1. The van der Waals surface area contributed by atoms with E-state index in [0.29, 0.717) is 35.7 Å². The molecular formula is C19H27NO6. The van der Waals surface area contributed by atoms with E-state index in [2.05, 4.69) is 5.32 Å². The van der Waals surface area contributed by atoms with Crippen LogP contribution < -0.4 is 19.5 Å². The smallest absolute Gasteiger partial charge is 0.329 e. The van der Waals surface area contributed by atoms with Gasteiger partial charge in [0.1, 0.15) is 5.54 Å². The summed E-state index contributed by atoms with van der Waals surface area (Å²) in [6.07, 6.45) is 4.56. The molecule has 1 fully saturated rings. The van der Waals surface area contributed by atoms with Gasteiger partial charge in [0.2, 0.25) is 11.7 Å². The molecule has 0 unspecified atom stereocenters. The van der Waals surface area contributed by atoms with E-state index in [1.807, 2.05) is 0 Å². The molecule has 0 heterocycles. The van der Waals surface area contributed by atoms with Crippen molar-refractivity contribution in [3.05, 3.63) is 17.7 Å². The second-order valence-corrected chi connectivity index (χ2v) is 6.56. The normalized spacial score (nSPS) is 16.3. The molecule has 2 N–H and O–H groups in total. The maximum absolute atomic E-state index is 12.6. The fraction of sp³-hybridized carbons (Fsp3) is 0.579. The molecule has 1 saturated carbocycles. The van der Waals surface area contributed by atoms with Gasteiger partial charge in [0.15, 0.2) is 11.5 Å². The summed E-state index contributed by atoms with van der Waals surface area (Å²) in [5.41, 5.74) is -0.514. The number of carbonyl (C=O) groups excluding carboxylic acids is 1. The lowest BCUT2D eigenvalue weighted by Gasteiger charge is -2.29. The maximum Gasteiger partial charge on any atom is 0.329 e. The Hall–Kier alpha value is -2.44. The van der Waals surface area contributed by atoms with E-state index in [4.69, 9.17) is 14.2 Å². The van der Waals surface area contributed by atoms with Crippen LogP contribution in [0.25, 0.3) is 0 Å². The Morgan fingerprint density at radius 2 is 1.54 bits per heavy atom. The van der Waals surface area contributed by atoms with Crippen molar-refractivity contribution in [3.8, 4) is 17.2 Å². The number of rotatable bonds is 7. The van der Waals surface area contributed by atoms with Gasteiger partial charge in [0.25, 0.3) is 0 Å². The Morgan fingerprint density at radius 1 is 1.00 bits per heavy atom. The van der Waals surface area contributed by atoms with Crippen molar-refractivity contribution in [3.63, 3.8) is 0 Å². The van der Waals surface area contributed by atoms with Crippen LogP contribution in [0.1, 0.15) is 44.1 Å². The van der Waals surface area contributed by atoms with E-state index in [-0.39, 0.29) is 12.3 Å². The summed E-state index contributed by atoms with van der Waals surface area (Å²) < 4.78 is 15.9. The highest BCUT2D eigenvalue weighted by atomic mass is 16.5. The monoisotopic (exact) mass is 365 g/mol. The fourth-order valence-electron chi connectivity index (χ4n) is 3.46. The number of methoxy groups -OCH3 is 3. The summed E-state index contributed by atoms with van der Waals surface area (Å²) in [6, 6.07) is 3.39. The Balaban J connectivity index is 2.19. The highest BCUT2D eigenvalue weighted by Gasteiger charge is 2.39. The molecule has 0 spiro atoms. The highest BCUT2D eigenvalue weighted by Crippen LogP contribution is 2.38. The minimum atomic E-state index is -1.17. The molecule has 7 nitrogen and oxygen atoms in total. The van der Waals surface area contributed by atoms with Gasteiger partial charge in [-0.15, -0.1) is 0 Å². The Labute approximate surface area is 153 Å². The largest absolute Gasteiger partial charge is 0.493 e. The van der Waals surface area contributed by atoms with Crippen molar-refractivity contribution in [2.24, 2.45) is 0 Å². The van der Waals surface area contributed by atoms with Crippen LogP contribution in [-0.4, -0.2) is 43.9 Å². The van der Waals surface area contributed by atoms with E-state index >= 15 is 0 Å². The molecule has 2 rings (SSSR count). The third-order valence-electron chi connectivity index (χ3n) is 4.83. The van der Waals surface area contributed by atoms with Gasteiger partial charge in [-0.05, 0) is 30.5 Å². The van der Waals surface area contributed by atoms with E-state index < -0.39 is 11.5 Å². The van der Waals surface area contributed by atoms with Gasteiger partial charge in [-0.25, -0.2) is 4.79 Å². The molecule has 1 amide bonds. The lowest BCUT2D eigenvalue weighted by atomic mass is 9.90. The Morgan fingerprint density at radius 3 is 1.96 bits per heavy atom. The van der Waals surface area contributed by atoms with Crippen molar-refractivity contribution < 1.29 is 28.9 Å². The minimum absolute atomic E-state index is 0.0335. The van der Waals surface area contributed by atoms with Crippen LogP contribution in [0.15, 0.2) is 12.1 Å². The van der Waals surface area contributed by atoms with Crippen molar-refractivity contribution >= 4 is 11.9 Å². The zero-order valence-electron chi connectivity index (χ0n) is 15.6. The average molecular weight is 365 g/mol. The first-order valence-electron chi connectivity index (χ1n) is 8.79. The number of aliphatic carboxylic acids is 1. The molecule has 1 aliphatic rings. The van der Waals surface area contributed by atoms with Gasteiger partial charge in [0, 0.05) is 0 Å². The van der Waals surface area contributed by atoms with Gasteiger partial charge in [0.05, 0.1) is 27.8 Å². The second kappa shape index (κ2) is 8.78. The number of hydrogen-bond donors (Lipinski definition) is 2. The molecule has 0 atom stereocenters. The third kappa shape index (κ3) is 4.39. The molecule has 0 saturated heterocycles. The average Bonchev–Trinajstić information content (AvgIpc) is 2.87. The van der Waals surface area contributed by atoms with Gasteiger partial charge >= 0.3 is 5.97 Å². The van der Waals surface area contributed by atoms with Crippen LogP contribution in [0.2, 0.25) is 0 Å². The first-order valence-corrected chi connectivity index (χ1v) is 8.79. The second-order valence-electron chi connectivity index (χ2n) is 6.56. The number of carbonyl (C=O) groups is 2. The number of hydrogen-bond acceptors (Lipinski definition) is 5. The van der Waals surface area contributed by atoms with E-state index in [1.165, 1.54) is 21.3 Å². The lowest BCUT2D eigenvalue weighted by molar-refractivity contribution is -0.148. The molecule has 0 bridgehead atoms. The predicted octanol–water partition coefficient (Wildman–Crippen LogP) is 2.55. The van der Waals surface area contributed by atoms with Crippen LogP contribution in [0.3, 0.4) is 0 Å². The van der Waals surface area contributed by atoms with Gasteiger partial charge < -0.3 is 24.6 Å². The fourth-order valence-corrected chi connectivity index (χ4v) is 3.46. The van der Waals surface area contributed by atoms with Crippen molar-refractivity contribution in [2.75, 3.05) is 21.3 Å². The number of carboxylic acid groups (broad SMARTS) is 1. The van der Waals surface area contributed by atoms with Crippen LogP contribution in [0, 0.1) is 0 Å². The molecule has 1 aromatic carbocycles. The van der Waals surface area contributed by atoms with Crippen LogP contribution >= 0.6 is 0 Å². The summed E-state index contributed by atoms with van der Waals surface area (Å²) >= 11 is 0. The summed E-state index contributed by atoms with van der Waals surface area (Å²) in [7, 11) is 4.52. The standard InChI is InChI=1S/C19H27NO6/c1-24-14-10-13(11-15(25-2)17(14)26-3)12-16(21)20-19(18(22)23)8-6-4-5-7-9-19/h10-11H,4-9,12H2,1-3H3,(H,20,21)(H,22,23). The van der Waals surface area contributed by atoms with Crippen LogP contribution in [0.5, 0.6) is 17.2 Å². The zero-order valence-corrected chi connectivity index (χ0v) is 15.6. The van der Waals surface area contributed by atoms with Crippen molar-refractivity contribution in [1.82, 2.24) is 5.32 Å². The minimum Gasteiger partial charge on any atom is -0.493 e. The summed E-state index contributed by atoms with van der Waals surface area (Å²) in [5.74, 6) is 0.0697. The summed E-state index contributed by atoms with van der Waals surface area (Å²) in [5, 5.41) is 12.5. The molecule has 0 radical (unpaired) electrons. The first kappa shape index (κ1) is 19.9.